The van der Waals surface area contributed by atoms with E-state index < -0.39 is 0 Å². The van der Waals surface area contributed by atoms with E-state index in [1.165, 1.54) is 17.5 Å². The highest BCUT2D eigenvalue weighted by molar-refractivity contribution is 5.93. The molecule has 6 nitrogen and oxygen atoms in total. The molecule has 0 aliphatic carbocycles. The molecule has 1 aromatic carbocycles. The van der Waals surface area contributed by atoms with Crippen molar-refractivity contribution < 1.29 is 4.79 Å². The number of hydrogen-bond acceptors (Lipinski definition) is 4. The van der Waals surface area contributed by atoms with Crippen LogP contribution in [0.2, 0.25) is 0 Å². The van der Waals surface area contributed by atoms with E-state index in [4.69, 9.17) is 0 Å². The van der Waals surface area contributed by atoms with Crippen LogP contribution in [-0.2, 0) is 6.42 Å². The van der Waals surface area contributed by atoms with Crippen LogP contribution in [-0.4, -0.2) is 52.0 Å². The smallest absolute Gasteiger partial charge is 0.276 e. The molecule has 0 unspecified atom stereocenters. The monoisotopic (exact) mass is 431 g/mol. The fraction of sp³-hybridized carbons (Fsp3) is 0.609. The topological polar surface area (TPSA) is 63.1 Å². The van der Waals surface area contributed by atoms with Crippen LogP contribution in [0.15, 0.2) is 24.3 Å². The number of rotatable bonds is 5. The molecule has 2 fully saturated rings. The van der Waals surface area contributed by atoms with Crippen LogP contribution < -0.4 is 5.32 Å². The second kappa shape index (κ2) is 10.4. The van der Waals surface area contributed by atoms with Gasteiger partial charge in [-0.2, -0.15) is 0 Å². The first kappa shape index (κ1) is 22.8. The molecule has 2 aliphatic heterocycles. The largest absolute Gasteiger partial charge is 0.337 e. The summed E-state index contributed by atoms with van der Waals surface area (Å²) in [5.74, 6) is 0.756. The van der Waals surface area contributed by atoms with E-state index in [-0.39, 0.29) is 18.3 Å². The van der Waals surface area contributed by atoms with Gasteiger partial charge in [0, 0.05) is 13.1 Å². The molecule has 1 N–H and O–H groups in total. The summed E-state index contributed by atoms with van der Waals surface area (Å²) in [5, 5.41) is 12.0. The number of piperidine rings is 2. The normalized spacial score (nSPS) is 18.3. The average Bonchev–Trinajstić information content (AvgIpc) is 3.15. The van der Waals surface area contributed by atoms with Crippen LogP contribution in [0.1, 0.15) is 65.5 Å². The number of nitrogens with zero attached hydrogens (tertiary/aromatic N) is 4. The Hall–Kier alpha value is -1.92. The Kier molecular flexibility index (Phi) is 7.89. The number of carbonyl (C=O) groups is 1. The van der Waals surface area contributed by atoms with Crippen LogP contribution in [0, 0.1) is 19.8 Å². The fourth-order valence-electron chi connectivity index (χ4n) is 4.64. The molecule has 0 bridgehead atoms. The van der Waals surface area contributed by atoms with Crippen molar-refractivity contribution in [1.82, 2.24) is 25.2 Å². The van der Waals surface area contributed by atoms with Gasteiger partial charge in [0.15, 0.2) is 5.69 Å². The van der Waals surface area contributed by atoms with Gasteiger partial charge in [-0.3, -0.25) is 4.79 Å². The summed E-state index contributed by atoms with van der Waals surface area (Å²) in [6, 6.07) is 9.22. The van der Waals surface area contributed by atoms with E-state index in [2.05, 4.69) is 46.8 Å². The summed E-state index contributed by atoms with van der Waals surface area (Å²) in [6.07, 6.45) is 6.59. The molecular weight excluding hydrogens is 398 g/mol. The first-order valence-electron chi connectivity index (χ1n) is 11.1. The van der Waals surface area contributed by atoms with Crippen LogP contribution in [0.25, 0.3) is 0 Å². The van der Waals surface area contributed by atoms with Gasteiger partial charge in [0.25, 0.3) is 5.91 Å². The molecule has 2 aromatic rings. The number of benzene rings is 1. The predicted octanol–water partition coefficient (Wildman–Crippen LogP) is 3.73. The Morgan fingerprint density at radius 2 is 1.73 bits per heavy atom. The fourth-order valence-corrected chi connectivity index (χ4v) is 4.64. The van der Waals surface area contributed by atoms with Crippen LogP contribution >= 0.6 is 12.4 Å². The van der Waals surface area contributed by atoms with E-state index in [1.807, 2.05) is 16.5 Å². The van der Waals surface area contributed by atoms with Crippen molar-refractivity contribution >= 4 is 18.3 Å². The zero-order chi connectivity index (χ0) is 20.2. The van der Waals surface area contributed by atoms with Gasteiger partial charge in [-0.05, 0) is 76.9 Å². The maximum absolute atomic E-state index is 13.0. The Balaban J connectivity index is 0.00000256. The van der Waals surface area contributed by atoms with E-state index in [0.717, 1.165) is 64.0 Å². The molecule has 0 radical (unpaired) electrons. The molecule has 1 aromatic heterocycles. The van der Waals surface area contributed by atoms with E-state index in [9.17, 15) is 4.79 Å². The summed E-state index contributed by atoms with van der Waals surface area (Å²) >= 11 is 0. The maximum Gasteiger partial charge on any atom is 0.276 e. The molecule has 1 amide bonds. The molecule has 30 heavy (non-hydrogen) atoms. The zero-order valence-corrected chi connectivity index (χ0v) is 19.0. The second-order valence-corrected chi connectivity index (χ2v) is 8.71. The number of carbonyl (C=O) groups excluding carboxylic acids is 1. The lowest BCUT2D eigenvalue weighted by molar-refractivity contribution is 0.0680. The Labute approximate surface area is 185 Å². The maximum atomic E-state index is 13.0. The first-order chi connectivity index (χ1) is 14.1. The highest BCUT2D eigenvalue weighted by Crippen LogP contribution is 2.25. The minimum Gasteiger partial charge on any atom is -0.337 e. The van der Waals surface area contributed by atoms with Crippen LogP contribution in [0.4, 0.5) is 0 Å². The standard InChI is InChI=1S/C23H33N5O.ClH/c1-17-3-5-19(6-4-17)7-8-20-11-15-27(16-12-20)23(29)22-18(2)28(26-25-22)21-9-13-24-14-10-21;/h3-6,20-21,24H,7-16H2,1-2H3;1H. The van der Waals surface area contributed by atoms with Gasteiger partial charge in [-0.25, -0.2) is 4.68 Å². The Bertz CT molecular complexity index is 821. The number of amides is 1. The minimum atomic E-state index is 0. The van der Waals surface area contributed by atoms with E-state index in [0.29, 0.717) is 17.7 Å². The van der Waals surface area contributed by atoms with Crippen molar-refractivity contribution in [1.29, 1.82) is 0 Å². The van der Waals surface area contributed by atoms with Gasteiger partial charge in [-0.1, -0.05) is 35.0 Å². The Morgan fingerprint density at radius 1 is 1.07 bits per heavy atom. The molecular formula is C23H34ClN5O. The minimum absolute atomic E-state index is 0. The zero-order valence-electron chi connectivity index (χ0n) is 18.1. The van der Waals surface area contributed by atoms with Crippen molar-refractivity contribution in [2.24, 2.45) is 5.92 Å². The van der Waals surface area contributed by atoms with Gasteiger partial charge in [-0.15, -0.1) is 17.5 Å². The van der Waals surface area contributed by atoms with Crippen LogP contribution in [0.5, 0.6) is 0 Å². The summed E-state index contributed by atoms with van der Waals surface area (Å²) < 4.78 is 1.97. The highest BCUT2D eigenvalue weighted by atomic mass is 35.5. The number of aryl methyl sites for hydroxylation is 2. The molecule has 7 heteroatoms. The lowest BCUT2D eigenvalue weighted by Crippen LogP contribution is -2.39. The number of nitrogens with one attached hydrogen (secondary N) is 1. The number of likely N-dealkylation sites (tertiary alicyclic amines) is 1. The van der Waals surface area contributed by atoms with Gasteiger partial charge in [0.2, 0.25) is 0 Å². The lowest BCUT2D eigenvalue weighted by Gasteiger charge is -2.31. The molecule has 2 saturated heterocycles. The first-order valence-corrected chi connectivity index (χ1v) is 11.1. The molecule has 2 aliphatic rings. The average molecular weight is 432 g/mol. The molecule has 0 atom stereocenters. The second-order valence-electron chi connectivity index (χ2n) is 8.71. The van der Waals surface area contributed by atoms with Gasteiger partial charge in [0.05, 0.1) is 11.7 Å². The Morgan fingerprint density at radius 3 is 2.40 bits per heavy atom. The summed E-state index contributed by atoms with van der Waals surface area (Å²) in [4.78, 5) is 15.0. The molecule has 0 saturated carbocycles. The van der Waals surface area contributed by atoms with Crippen LogP contribution in [0.3, 0.4) is 0 Å². The van der Waals surface area contributed by atoms with Crippen molar-refractivity contribution in [3.05, 3.63) is 46.8 Å². The SMILES string of the molecule is Cc1ccc(CCC2CCN(C(=O)c3nnn(C4CCNCC4)c3C)CC2)cc1.Cl. The third kappa shape index (κ3) is 5.22. The van der Waals surface area contributed by atoms with Gasteiger partial charge in [0.1, 0.15) is 0 Å². The highest BCUT2D eigenvalue weighted by Gasteiger charge is 2.28. The number of halogens is 1. The van der Waals surface area contributed by atoms with Gasteiger partial charge >= 0.3 is 0 Å². The van der Waals surface area contributed by atoms with E-state index >= 15 is 0 Å². The third-order valence-corrected chi connectivity index (χ3v) is 6.65. The van der Waals surface area contributed by atoms with Crippen molar-refractivity contribution in [3.63, 3.8) is 0 Å². The number of aromatic nitrogens is 3. The molecule has 164 valence electrons. The van der Waals surface area contributed by atoms with Crippen molar-refractivity contribution in [2.75, 3.05) is 26.2 Å². The predicted molar refractivity (Wildman–Crippen MR) is 121 cm³/mol. The summed E-state index contributed by atoms with van der Waals surface area (Å²) in [7, 11) is 0. The lowest BCUT2D eigenvalue weighted by atomic mass is 9.90. The summed E-state index contributed by atoms with van der Waals surface area (Å²) in [6.45, 7) is 7.79. The van der Waals surface area contributed by atoms with Crippen molar-refractivity contribution in [3.8, 4) is 0 Å². The summed E-state index contributed by atoms with van der Waals surface area (Å²) in [5.41, 5.74) is 4.19. The molecule has 3 heterocycles. The molecule has 4 rings (SSSR count). The number of hydrogen-bond donors (Lipinski definition) is 1. The van der Waals surface area contributed by atoms with Crippen molar-refractivity contribution in [2.45, 2.75) is 58.4 Å². The third-order valence-electron chi connectivity index (χ3n) is 6.65. The quantitative estimate of drug-likeness (QED) is 0.783. The van der Waals surface area contributed by atoms with E-state index in [1.54, 1.807) is 0 Å². The molecule has 0 spiro atoms. The van der Waals surface area contributed by atoms with Gasteiger partial charge < -0.3 is 10.2 Å².